The molecule has 142 valence electrons. The summed E-state index contributed by atoms with van der Waals surface area (Å²) in [4.78, 5) is 15.8. The molecule has 0 aliphatic rings. The fourth-order valence-electron chi connectivity index (χ4n) is 3.01. The molecule has 2 aromatic carbocycles. The Kier molecular flexibility index (Phi) is 4.15. The number of H-pyrrole nitrogens is 1. The molecule has 0 radical (unpaired) electrons. The zero-order valence-electron chi connectivity index (χ0n) is 14.1. The Morgan fingerprint density at radius 2 is 1.93 bits per heavy atom. The molecule has 0 fully saturated rings. The van der Waals surface area contributed by atoms with Crippen molar-refractivity contribution in [2.45, 2.75) is 6.18 Å². The highest BCUT2D eigenvalue weighted by atomic mass is 35.5. The first-order valence-corrected chi connectivity index (χ1v) is 8.46. The van der Waals surface area contributed by atoms with E-state index < -0.39 is 16.8 Å². The molecular weight excluding hydrogens is 393 g/mol. The first-order chi connectivity index (χ1) is 13.3. The van der Waals surface area contributed by atoms with Crippen molar-refractivity contribution in [3.8, 4) is 5.69 Å². The number of alkyl halides is 3. The van der Waals surface area contributed by atoms with Gasteiger partial charge in [-0.2, -0.15) is 18.3 Å². The lowest BCUT2D eigenvalue weighted by Gasteiger charge is -2.10. The van der Waals surface area contributed by atoms with Gasteiger partial charge in [0, 0.05) is 17.1 Å². The summed E-state index contributed by atoms with van der Waals surface area (Å²) in [5.74, 6) is -0.170. The number of nitrogens with zero attached hydrogens (tertiary/aromatic N) is 2. The van der Waals surface area contributed by atoms with Crippen LogP contribution in [0.5, 0.6) is 0 Å². The van der Waals surface area contributed by atoms with E-state index in [9.17, 15) is 18.0 Å². The quantitative estimate of drug-likeness (QED) is 0.480. The van der Waals surface area contributed by atoms with Gasteiger partial charge in [0.05, 0.1) is 33.6 Å². The summed E-state index contributed by atoms with van der Waals surface area (Å²) in [5.41, 5.74) is 6.30. The Morgan fingerprint density at radius 1 is 1.18 bits per heavy atom. The van der Waals surface area contributed by atoms with Crippen LogP contribution in [0.3, 0.4) is 0 Å². The van der Waals surface area contributed by atoms with E-state index in [-0.39, 0.29) is 22.9 Å². The van der Waals surface area contributed by atoms with Crippen LogP contribution in [0.2, 0.25) is 5.02 Å². The van der Waals surface area contributed by atoms with E-state index in [4.69, 9.17) is 17.3 Å². The normalized spacial score (nSPS) is 11.9. The number of aromatic nitrogens is 3. The average molecular weight is 405 g/mol. The van der Waals surface area contributed by atoms with E-state index in [0.717, 1.165) is 12.1 Å². The molecule has 3 N–H and O–H groups in total. The van der Waals surface area contributed by atoms with Gasteiger partial charge in [-0.1, -0.05) is 29.8 Å². The molecule has 2 aromatic heterocycles. The van der Waals surface area contributed by atoms with E-state index in [1.54, 1.807) is 18.2 Å². The highest BCUT2D eigenvalue weighted by Crippen LogP contribution is 2.36. The van der Waals surface area contributed by atoms with Crippen molar-refractivity contribution in [1.29, 1.82) is 0 Å². The standard InChI is InChI=1S/C19H12ClF3N4O/c20-14-6-5-11(7-13(14)19(21,22)23)27-9-10(8-25-27)17(28)16-12-3-1-2-4-15(12)26-18(16)24/h1-9,26H,24H2. The molecule has 0 saturated heterocycles. The number of carbonyl (C=O) groups excluding carboxylic acids is 1. The van der Waals surface area contributed by atoms with Crippen LogP contribution in [0, 0.1) is 0 Å². The van der Waals surface area contributed by atoms with Gasteiger partial charge in [-0.25, -0.2) is 4.68 Å². The highest BCUT2D eigenvalue weighted by molar-refractivity contribution is 6.31. The van der Waals surface area contributed by atoms with E-state index in [1.807, 2.05) is 6.07 Å². The van der Waals surface area contributed by atoms with Gasteiger partial charge in [-0.15, -0.1) is 0 Å². The molecule has 0 spiro atoms. The van der Waals surface area contributed by atoms with Crippen LogP contribution < -0.4 is 5.73 Å². The van der Waals surface area contributed by atoms with Crippen LogP contribution in [0.4, 0.5) is 19.0 Å². The first kappa shape index (κ1) is 18.1. The number of hydrogen-bond donors (Lipinski definition) is 2. The number of ketones is 1. The Hall–Kier alpha value is -3.26. The van der Waals surface area contributed by atoms with E-state index >= 15 is 0 Å². The second kappa shape index (κ2) is 6.42. The smallest absolute Gasteiger partial charge is 0.385 e. The zero-order valence-corrected chi connectivity index (χ0v) is 14.8. The number of benzene rings is 2. The van der Waals surface area contributed by atoms with Crippen molar-refractivity contribution in [1.82, 2.24) is 14.8 Å². The van der Waals surface area contributed by atoms with Crippen LogP contribution in [-0.4, -0.2) is 20.5 Å². The number of fused-ring (bicyclic) bond motifs is 1. The van der Waals surface area contributed by atoms with Crippen molar-refractivity contribution in [3.63, 3.8) is 0 Å². The molecule has 2 heterocycles. The summed E-state index contributed by atoms with van der Waals surface area (Å²) >= 11 is 5.64. The number of rotatable bonds is 3. The second-order valence-corrected chi connectivity index (χ2v) is 6.53. The number of carbonyl (C=O) groups is 1. The highest BCUT2D eigenvalue weighted by Gasteiger charge is 2.33. The largest absolute Gasteiger partial charge is 0.417 e. The second-order valence-electron chi connectivity index (χ2n) is 6.12. The third-order valence-corrected chi connectivity index (χ3v) is 4.66. The molecule has 0 unspecified atom stereocenters. The first-order valence-electron chi connectivity index (χ1n) is 8.08. The predicted octanol–water partition coefficient (Wildman–Crippen LogP) is 4.84. The van der Waals surface area contributed by atoms with Crippen LogP contribution in [-0.2, 0) is 6.18 Å². The van der Waals surface area contributed by atoms with E-state index in [0.29, 0.717) is 16.5 Å². The third-order valence-electron chi connectivity index (χ3n) is 4.33. The number of para-hydroxylation sites is 1. The SMILES string of the molecule is Nc1[nH]c2ccccc2c1C(=O)c1cnn(-c2ccc(Cl)c(C(F)(F)F)c2)c1. The maximum Gasteiger partial charge on any atom is 0.417 e. The topological polar surface area (TPSA) is 76.7 Å². The minimum atomic E-state index is -4.60. The molecular formula is C19H12ClF3N4O. The molecule has 0 aliphatic heterocycles. The Labute approximate surface area is 161 Å². The average Bonchev–Trinajstić information content (AvgIpc) is 3.24. The fraction of sp³-hybridized carbons (Fsp3) is 0.0526. The number of halogens is 4. The molecule has 5 nitrogen and oxygen atoms in total. The van der Waals surface area contributed by atoms with Gasteiger partial charge in [-0.05, 0) is 24.3 Å². The maximum atomic E-state index is 13.1. The van der Waals surface area contributed by atoms with Gasteiger partial charge in [0.2, 0.25) is 5.78 Å². The van der Waals surface area contributed by atoms with Gasteiger partial charge in [0.1, 0.15) is 5.82 Å². The number of aromatic amines is 1. The molecule has 9 heteroatoms. The summed E-state index contributed by atoms with van der Waals surface area (Å²) in [5, 5.41) is 4.26. The molecule has 4 aromatic rings. The molecule has 0 saturated carbocycles. The van der Waals surface area contributed by atoms with Gasteiger partial charge < -0.3 is 10.7 Å². The van der Waals surface area contributed by atoms with Crippen LogP contribution in [0.15, 0.2) is 54.9 Å². The van der Waals surface area contributed by atoms with E-state index in [2.05, 4.69) is 10.1 Å². The van der Waals surface area contributed by atoms with Crippen LogP contribution in [0.1, 0.15) is 21.5 Å². The molecule has 0 aliphatic carbocycles. The number of nitrogen functional groups attached to an aromatic ring is 1. The summed E-state index contributed by atoms with van der Waals surface area (Å²) < 4.78 is 40.4. The number of nitrogens with one attached hydrogen (secondary N) is 1. The summed E-state index contributed by atoms with van der Waals surface area (Å²) in [7, 11) is 0. The van der Waals surface area contributed by atoms with Crippen LogP contribution in [0.25, 0.3) is 16.6 Å². The number of anilines is 1. The summed E-state index contributed by atoms with van der Waals surface area (Å²) in [6.07, 6.45) is -1.96. The van der Waals surface area contributed by atoms with Crippen molar-refractivity contribution in [3.05, 3.63) is 76.6 Å². The summed E-state index contributed by atoms with van der Waals surface area (Å²) in [6.45, 7) is 0. The maximum absolute atomic E-state index is 13.1. The molecule has 0 amide bonds. The van der Waals surface area contributed by atoms with E-state index in [1.165, 1.54) is 23.1 Å². The van der Waals surface area contributed by atoms with Gasteiger partial charge in [0.15, 0.2) is 0 Å². The predicted molar refractivity (Wildman–Crippen MR) is 99.7 cm³/mol. The van der Waals surface area contributed by atoms with Crippen molar-refractivity contribution >= 4 is 34.1 Å². The van der Waals surface area contributed by atoms with Gasteiger partial charge in [-0.3, -0.25) is 4.79 Å². The monoisotopic (exact) mass is 404 g/mol. The lowest BCUT2D eigenvalue weighted by Crippen LogP contribution is -2.07. The Balaban J connectivity index is 1.74. The van der Waals surface area contributed by atoms with Crippen molar-refractivity contribution < 1.29 is 18.0 Å². The summed E-state index contributed by atoms with van der Waals surface area (Å²) in [6, 6.07) is 10.5. The lowest BCUT2D eigenvalue weighted by molar-refractivity contribution is -0.137. The Bertz CT molecular complexity index is 1210. The molecule has 0 atom stereocenters. The minimum absolute atomic E-state index is 0.127. The lowest BCUT2D eigenvalue weighted by atomic mass is 10.0. The van der Waals surface area contributed by atoms with Crippen LogP contribution >= 0.6 is 11.6 Å². The fourth-order valence-corrected chi connectivity index (χ4v) is 3.23. The third kappa shape index (κ3) is 3.01. The number of hydrogen-bond acceptors (Lipinski definition) is 3. The van der Waals surface area contributed by atoms with Gasteiger partial charge in [0.25, 0.3) is 0 Å². The Morgan fingerprint density at radius 3 is 2.68 bits per heavy atom. The van der Waals surface area contributed by atoms with Crippen molar-refractivity contribution in [2.24, 2.45) is 0 Å². The molecule has 4 rings (SSSR count). The van der Waals surface area contributed by atoms with Gasteiger partial charge >= 0.3 is 6.18 Å². The number of nitrogens with two attached hydrogens (primary N) is 1. The molecule has 28 heavy (non-hydrogen) atoms. The van der Waals surface area contributed by atoms with Crippen molar-refractivity contribution in [2.75, 3.05) is 5.73 Å². The minimum Gasteiger partial charge on any atom is -0.385 e. The molecule has 0 bridgehead atoms. The zero-order chi connectivity index (χ0) is 20.1.